The number of nitrogens with one attached hydrogen (secondary N) is 3. The van der Waals surface area contributed by atoms with Gasteiger partial charge in [0.25, 0.3) is 5.91 Å². The molecular weight excluding hydrogens is 707 g/mol. The molecule has 0 saturated heterocycles. The number of carbonyl (C=O) groups excluding carboxylic acids is 3. The van der Waals surface area contributed by atoms with Gasteiger partial charge in [-0.3, -0.25) is 14.4 Å². The fourth-order valence-electron chi connectivity index (χ4n) is 3.38. The maximum Gasteiger partial charge on any atom is 0.329 e. The van der Waals surface area contributed by atoms with Crippen LogP contribution in [0.5, 0.6) is 17.2 Å². The molecule has 0 heterocycles. The van der Waals surface area contributed by atoms with Crippen LogP contribution in [-0.2, 0) is 14.4 Å². The number of nitrogens with zero attached hydrogens (tertiary/aromatic N) is 1. The first-order valence-electron chi connectivity index (χ1n) is 12.7. The van der Waals surface area contributed by atoms with Crippen molar-refractivity contribution in [3.8, 4) is 17.2 Å². The van der Waals surface area contributed by atoms with Crippen molar-refractivity contribution < 1.29 is 28.6 Å². The highest BCUT2D eigenvalue weighted by atomic mass is 127. The first-order valence-corrected chi connectivity index (χ1v) is 14.6. The molecule has 0 radical (unpaired) electrons. The molecule has 0 unspecified atom stereocenters. The zero-order valence-corrected chi connectivity index (χ0v) is 26.5. The molecule has 12 heteroatoms. The summed E-state index contributed by atoms with van der Waals surface area (Å²) in [6.45, 7) is 6.50. The number of amides is 3. The molecule has 0 fully saturated rings. The van der Waals surface area contributed by atoms with Crippen LogP contribution in [0.3, 0.4) is 0 Å². The number of halogens is 2. The van der Waals surface area contributed by atoms with Gasteiger partial charge in [0.05, 0.1) is 23.0 Å². The number of hydrazone groups is 1. The zero-order chi connectivity index (χ0) is 29.8. The highest BCUT2D eigenvalue weighted by Crippen LogP contribution is 2.34. The van der Waals surface area contributed by atoms with E-state index in [4.69, 9.17) is 14.2 Å². The minimum Gasteiger partial charge on any atom is -0.494 e. The van der Waals surface area contributed by atoms with Crippen molar-refractivity contribution in [2.45, 2.75) is 27.2 Å². The van der Waals surface area contributed by atoms with Crippen molar-refractivity contribution in [3.05, 3.63) is 73.8 Å². The van der Waals surface area contributed by atoms with Crippen molar-refractivity contribution in [2.24, 2.45) is 5.10 Å². The van der Waals surface area contributed by atoms with Crippen LogP contribution in [0.25, 0.3) is 0 Å². The molecule has 0 bridgehead atoms. The van der Waals surface area contributed by atoms with E-state index in [1.54, 1.807) is 42.5 Å². The van der Waals surface area contributed by atoms with Gasteiger partial charge >= 0.3 is 11.8 Å². The van der Waals surface area contributed by atoms with Crippen molar-refractivity contribution in [3.63, 3.8) is 0 Å². The predicted molar refractivity (Wildman–Crippen MR) is 170 cm³/mol. The van der Waals surface area contributed by atoms with Crippen LogP contribution in [0, 0.1) is 10.5 Å². The summed E-state index contributed by atoms with van der Waals surface area (Å²) in [5.74, 6) is -0.633. The maximum absolute atomic E-state index is 12.5. The second kappa shape index (κ2) is 16.0. The van der Waals surface area contributed by atoms with Gasteiger partial charge in [-0.1, -0.05) is 22.9 Å². The van der Waals surface area contributed by atoms with E-state index in [1.165, 1.54) is 6.21 Å². The SMILES string of the molecule is CCCOc1ccc(NC(=O)C(=O)N/N=C\c2cc(I)c(OCC(=O)Nc3ccc(Br)c(C)c3)c(OCC)c2)cc1. The van der Waals surface area contributed by atoms with E-state index in [9.17, 15) is 14.4 Å². The average molecular weight is 737 g/mol. The Morgan fingerprint density at radius 3 is 2.34 bits per heavy atom. The molecule has 0 aliphatic heterocycles. The minimum absolute atomic E-state index is 0.224. The highest BCUT2D eigenvalue weighted by molar-refractivity contribution is 14.1. The first kappa shape index (κ1) is 31.9. The van der Waals surface area contributed by atoms with E-state index in [2.05, 4.69) is 59.7 Å². The summed E-state index contributed by atoms with van der Waals surface area (Å²) in [5.41, 5.74) is 4.90. The molecule has 3 rings (SSSR count). The standard InChI is InChI=1S/C29H30BrIN4O6/c1-4-12-40-22-9-6-20(7-10-22)34-28(37)29(38)35-32-16-19-14-24(31)27(25(15-19)39-5-2)41-17-26(36)33-21-8-11-23(30)18(3)13-21/h6-11,13-16H,4-5,12,17H2,1-3H3,(H,33,36)(H,34,37)(H,35,38)/b32-16-. The Labute approximate surface area is 260 Å². The number of aryl methyl sites for hydroxylation is 1. The normalized spacial score (nSPS) is 10.7. The Balaban J connectivity index is 1.57. The van der Waals surface area contributed by atoms with Crippen LogP contribution in [-0.4, -0.2) is 43.8 Å². The Kier molecular flexibility index (Phi) is 12.4. The second-order valence-electron chi connectivity index (χ2n) is 8.59. The first-order chi connectivity index (χ1) is 19.7. The van der Waals surface area contributed by atoms with Crippen molar-refractivity contribution in [1.29, 1.82) is 0 Å². The van der Waals surface area contributed by atoms with Crippen LogP contribution < -0.4 is 30.3 Å². The third-order valence-corrected chi connectivity index (χ3v) is 6.98. The van der Waals surface area contributed by atoms with E-state index in [-0.39, 0.29) is 12.5 Å². The summed E-state index contributed by atoms with van der Waals surface area (Å²) >= 11 is 5.50. The van der Waals surface area contributed by atoms with E-state index >= 15 is 0 Å². The topological polar surface area (TPSA) is 127 Å². The molecular formula is C29H30BrIN4O6. The molecule has 0 atom stereocenters. The smallest absolute Gasteiger partial charge is 0.329 e. The molecule has 3 N–H and O–H groups in total. The number of anilines is 2. The number of hydrogen-bond acceptors (Lipinski definition) is 7. The summed E-state index contributed by atoms with van der Waals surface area (Å²) in [6.07, 6.45) is 2.26. The van der Waals surface area contributed by atoms with E-state index < -0.39 is 11.8 Å². The van der Waals surface area contributed by atoms with Gasteiger partial charge in [-0.15, -0.1) is 0 Å². The fraction of sp³-hybridized carbons (Fsp3) is 0.241. The van der Waals surface area contributed by atoms with Gasteiger partial charge in [-0.25, -0.2) is 5.43 Å². The molecule has 3 aromatic rings. The highest BCUT2D eigenvalue weighted by Gasteiger charge is 2.15. The second-order valence-corrected chi connectivity index (χ2v) is 10.6. The van der Waals surface area contributed by atoms with Crippen LogP contribution in [0.15, 0.2) is 64.2 Å². The van der Waals surface area contributed by atoms with Crippen LogP contribution in [0.1, 0.15) is 31.4 Å². The minimum atomic E-state index is -0.931. The lowest BCUT2D eigenvalue weighted by Crippen LogP contribution is -2.32. The molecule has 0 aliphatic rings. The molecule has 0 saturated carbocycles. The molecule has 0 aliphatic carbocycles. The van der Waals surface area contributed by atoms with Gasteiger partial charge in [-0.2, -0.15) is 5.10 Å². The van der Waals surface area contributed by atoms with E-state index in [1.807, 2.05) is 32.9 Å². The Bertz CT molecular complexity index is 1420. The van der Waals surface area contributed by atoms with Crippen LogP contribution in [0.2, 0.25) is 0 Å². The lowest BCUT2D eigenvalue weighted by atomic mass is 10.2. The van der Waals surface area contributed by atoms with E-state index in [0.29, 0.717) is 51.0 Å². The number of hydrogen-bond donors (Lipinski definition) is 3. The average Bonchev–Trinajstić information content (AvgIpc) is 2.94. The molecule has 0 aromatic heterocycles. The summed E-state index contributed by atoms with van der Waals surface area (Å²) in [7, 11) is 0. The third kappa shape index (κ3) is 10.0. The predicted octanol–water partition coefficient (Wildman–Crippen LogP) is 5.66. The molecule has 3 aromatic carbocycles. The molecule has 41 heavy (non-hydrogen) atoms. The Morgan fingerprint density at radius 2 is 1.66 bits per heavy atom. The van der Waals surface area contributed by atoms with Crippen LogP contribution >= 0.6 is 38.5 Å². The van der Waals surface area contributed by atoms with Gasteiger partial charge < -0.3 is 24.8 Å². The molecule has 3 amide bonds. The molecule has 0 spiro atoms. The summed E-state index contributed by atoms with van der Waals surface area (Å²) in [6, 6.07) is 15.6. The summed E-state index contributed by atoms with van der Waals surface area (Å²) in [4.78, 5) is 36.9. The largest absolute Gasteiger partial charge is 0.494 e. The summed E-state index contributed by atoms with van der Waals surface area (Å²) < 4.78 is 18.6. The fourth-order valence-corrected chi connectivity index (χ4v) is 4.41. The van der Waals surface area contributed by atoms with E-state index in [0.717, 1.165) is 16.5 Å². The monoisotopic (exact) mass is 736 g/mol. The van der Waals surface area contributed by atoms with Crippen molar-refractivity contribution in [2.75, 3.05) is 30.5 Å². The number of benzene rings is 3. The third-order valence-electron chi connectivity index (χ3n) is 5.29. The quantitative estimate of drug-likeness (QED) is 0.0955. The Hall–Kier alpha value is -3.65. The van der Waals surface area contributed by atoms with Gasteiger partial charge in [0.2, 0.25) is 0 Å². The Morgan fingerprint density at radius 1 is 0.927 bits per heavy atom. The van der Waals surface area contributed by atoms with Crippen LogP contribution in [0.4, 0.5) is 11.4 Å². The summed E-state index contributed by atoms with van der Waals surface area (Å²) in [5, 5.41) is 9.20. The number of ether oxygens (including phenoxy) is 3. The lowest BCUT2D eigenvalue weighted by molar-refractivity contribution is -0.136. The van der Waals surface area contributed by atoms with Gasteiger partial charge in [-0.05, 0) is 109 Å². The van der Waals surface area contributed by atoms with Crippen molar-refractivity contribution >= 4 is 73.8 Å². The van der Waals surface area contributed by atoms with Gasteiger partial charge in [0.15, 0.2) is 18.1 Å². The number of rotatable bonds is 12. The molecule has 10 nitrogen and oxygen atoms in total. The number of carbonyl (C=O) groups is 3. The zero-order valence-electron chi connectivity index (χ0n) is 22.8. The van der Waals surface area contributed by atoms with Gasteiger partial charge in [0, 0.05) is 15.8 Å². The molecule has 216 valence electrons. The maximum atomic E-state index is 12.5. The van der Waals surface area contributed by atoms with Gasteiger partial charge in [0.1, 0.15) is 5.75 Å². The van der Waals surface area contributed by atoms with Crippen molar-refractivity contribution in [1.82, 2.24) is 5.43 Å². The lowest BCUT2D eigenvalue weighted by Gasteiger charge is -2.15.